The van der Waals surface area contributed by atoms with Crippen LogP contribution in [0.25, 0.3) is 0 Å². The molecule has 3 aromatic rings. The van der Waals surface area contributed by atoms with Gasteiger partial charge < -0.3 is 47.7 Å². The summed E-state index contributed by atoms with van der Waals surface area (Å²) in [5, 5.41) is 12.1. The second kappa shape index (κ2) is 12.2. The zero-order valence-electron chi connectivity index (χ0n) is 26.1. The van der Waals surface area contributed by atoms with Gasteiger partial charge in [0.1, 0.15) is 35.1 Å². The van der Waals surface area contributed by atoms with Crippen LogP contribution >= 0.6 is 0 Å². The first kappa shape index (κ1) is 29.8. The molecule has 0 bridgehead atoms. The Labute approximate surface area is 263 Å². The number of ether oxygens (including phenoxy) is 9. The van der Waals surface area contributed by atoms with Crippen molar-refractivity contribution in [2.75, 3.05) is 41.3 Å². The number of fused-ring (bicyclic) bond motifs is 3. The SMILES string of the molecule is CCCCC[C@H]1Oc2cc([C@H]3OC[C@@]4(O)[C@@H](c5c(OC)cccc5OC)OC[C@@H]34)c(OC)cc2O[C@@H]1c1ccc2c(c1)OCO2. The van der Waals surface area contributed by atoms with Crippen LogP contribution in [0.3, 0.4) is 0 Å². The van der Waals surface area contributed by atoms with E-state index < -0.39 is 17.8 Å². The molecule has 2 fully saturated rings. The summed E-state index contributed by atoms with van der Waals surface area (Å²) < 4.78 is 54.4. The van der Waals surface area contributed by atoms with Gasteiger partial charge in [-0.25, -0.2) is 0 Å². The van der Waals surface area contributed by atoms with Crippen LogP contribution in [0, 0.1) is 5.92 Å². The molecule has 10 heteroatoms. The van der Waals surface area contributed by atoms with E-state index in [1.54, 1.807) is 21.3 Å². The summed E-state index contributed by atoms with van der Waals surface area (Å²) in [6, 6.07) is 15.2. The van der Waals surface area contributed by atoms with E-state index in [0.29, 0.717) is 40.1 Å². The zero-order chi connectivity index (χ0) is 31.1. The minimum atomic E-state index is -1.32. The second-order valence-corrected chi connectivity index (χ2v) is 12.0. The highest BCUT2D eigenvalue weighted by molar-refractivity contribution is 5.55. The monoisotopic (exact) mass is 620 g/mol. The summed E-state index contributed by atoms with van der Waals surface area (Å²) in [5.74, 6) is 4.00. The number of aliphatic hydroxyl groups is 1. The lowest BCUT2D eigenvalue weighted by Gasteiger charge is -2.35. The fourth-order valence-corrected chi connectivity index (χ4v) is 7.09. The van der Waals surface area contributed by atoms with Crippen LogP contribution in [0.2, 0.25) is 0 Å². The van der Waals surface area contributed by atoms with E-state index in [9.17, 15) is 5.11 Å². The average molecular weight is 621 g/mol. The Balaban J connectivity index is 1.20. The molecule has 10 nitrogen and oxygen atoms in total. The maximum atomic E-state index is 12.1. The van der Waals surface area contributed by atoms with Gasteiger partial charge in [-0.05, 0) is 43.2 Å². The van der Waals surface area contributed by atoms with Crippen molar-refractivity contribution in [3.63, 3.8) is 0 Å². The van der Waals surface area contributed by atoms with Crippen molar-refractivity contribution in [1.29, 1.82) is 0 Å². The van der Waals surface area contributed by atoms with Gasteiger partial charge in [-0.2, -0.15) is 0 Å². The van der Waals surface area contributed by atoms with Crippen LogP contribution in [-0.2, 0) is 9.47 Å². The van der Waals surface area contributed by atoms with Gasteiger partial charge in [-0.15, -0.1) is 0 Å². The molecule has 6 atom stereocenters. The van der Waals surface area contributed by atoms with Crippen LogP contribution in [0.15, 0.2) is 48.5 Å². The fourth-order valence-electron chi connectivity index (χ4n) is 7.09. The van der Waals surface area contributed by atoms with Gasteiger partial charge in [0.2, 0.25) is 6.79 Å². The van der Waals surface area contributed by atoms with Crippen molar-refractivity contribution in [3.8, 4) is 40.2 Å². The van der Waals surface area contributed by atoms with Gasteiger partial charge in [0.15, 0.2) is 29.1 Å². The molecule has 4 aliphatic rings. The first-order valence-electron chi connectivity index (χ1n) is 15.6. The lowest BCUT2D eigenvalue weighted by atomic mass is 9.80. The van der Waals surface area contributed by atoms with Crippen LogP contribution in [0.1, 0.15) is 67.6 Å². The third-order valence-electron chi connectivity index (χ3n) is 9.42. The van der Waals surface area contributed by atoms with E-state index in [1.165, 1.54) is 0 Å². The molecular formula is C35H40O10. The molecule has 4 heterocycles. The molecule has 3 aromatic carbocycles. The van der Waals surface area contributed by atoms with Gasteiger partial charge in [0.05, 0.1) is 46.2 Å². The molecule has 0 unspecified atom stereocenters. The van der Waals surface area contributed by atoms with Gasteiger partial charge in [-0.3, -0.25) is 0 Å². The average Bonchev–Trinajstić information content (AvgIpc) is 3.76. The van der Waals surface area contributed by atoms with E-state index in [0.717, 1.165) is 42.6 Å². The highest BCUT2D eigenvalue weighted by Crippen LogP contribution is 2.58. The third kappa shape index (κ3) is 5.09. The third-order valence-corrected chi connectivity index (χ3v) is 9.42. The zero-order valence-corrected chi connectivity index (χ0v) is 26.1. The van der Waals surface area contributed by atoms with Crippen molar-refractivity contribution in [1.82, 2.24) is 0 Å². The molecular weight excluding hydrogens is 580 g/mol. The van der Waals surface area contributed by atoms with Crippen LogP contribution < -0.4 is 33.2 Å². The van der Waals surface area contributed by atoms with Gasteiger partial charge in [0.25, 0.3) is 0 Å². The molecule has 45 heavy (non-hydrogen) atoms. The van der Waals surface area contributed by atoms with Crippen LogP contribution in [0.5, 0.6) is 40.2 Å². The molecule has 2 saturated heterocycles. The lowest BCUT2D eigenvalue weighted by Crippen LogP contribution is -2.39. The van der Waals surface area contributed by atoms with Gasteiger partial charge >= 0.3 is 0 Å². The first-order chi connectivity index (χ1) is 22.0. The Morgan fingerprint density at radius 3 is 2.31 bits per heavy atom. The van der Waals surface area contributed by atoms with Crippen molar-refractivity contribution < 1.29 is 47.7 Å². The Morgan fingerprint density at radius 1 is 0.800 bits per heavy atom. The molecule has 0 saturated carbocycles. The molecule has 0 aromatic heterocycles. The van der Waals surface area contributed by atoms with E-state index in [1.807, 2.05) is 48.5 Å². The summed E-state index contributed by atoms with van der Waals surface area (Å²) in [4.78, 5) is 0. The van der Waals surface area contributed by atoms with Gasteiger partial charge in [0, 0.05) is 23.1 Å². The Kier molecular flexibility index (Phi) is 8.05. The second-order valence-electron chi connectivity index (χ2n) is 12.0. The summed E-state index contributed by atoms with van der Waals surface area (Å²) in [5.41, 5.74) is 1.07. The molecule has 7 rings (SSSR count). The van der Waals surface area contributed by atoms with Crippen molar-refractivity contribution in [3.05, 3.63) is 65.2 Å². The smallest absolute Gasteiger partial charge is 0.231 e. The largest absolute Gasteiger partial charge is 0.496 e. The predicted molar refractivity (Wildman–Crippen MR) is 163 cm³/mol. The number of hydrogen-bond donors (Lipinski definition) is 1. The Hall–Kier alpha value is -3.86. The summed E-state index contributed by atoms with van der Waals surface area (Å²) >= 11 is 0. The summed E-state index contributed by atoms with van der Waals surface area (Å²) in [6.07, 6.45) is 2.27. The Morgan fingerprint density at radius 2 is 1.56 bits per heavy atom. The maximum Gasteiger partial charge on any atom is 0.231 e. The van der Waals surface area contributed by atoms with E-state index in [2.05, 4.69) is 6.92 Å². The quantitative estimate of drug-likeness (QED) is 0.268. The molecule has 0 aliphatic carbocycles. The van der Waals surface area contributed by atoms with Crippen LogP contribution in [-0.4, -0.2) is 58.1 Å². The summed E-state index contributed by atoms with van der Waals surface area (Å²) in [6.45, 7) is 2.74. The molecule has 240 valence electrons. The fraction of sp³-hybridized carbons (Fsp3) is 0.486. The highest BCUT2D eigenvalue weighted by atomic mass is 16.7. The number of benzene rings is 3. The van der Waals surface area contributed by atoms with E-state index in [-0.39, 0.29) is 38.1 Å². The summed E-state index contributed by atoms with van der Waals surface area (Å²) in [7, 11) is 4.80. The standard InChI is InChI=1S/C35H40O10/c1-5-6-7-9-26-32(20-12-13-23-28(14-20)43-19-42-23)45-30-16-27(39-4)21(15-29(30)44-26)33-22-17-40-34(35(22,36)18-41-33)31-24(37-2)10-8-11-25(31)38-3/h8,10-16,22,26,32-34,36H,5-7,9,17-19H2,1-4H3/t22-,26+,32+,33+,34+,35-/m0/s1. The van der Waals surface area contributed by atoms with Crippen molar-refractivity contribution in [2.24, 2.45) is 5.92 Å². The normalized spacial score (nSPS) is 27.7. The molecule has 0 spiro atoms. The first-order valence-corrected chi connectivity index (χ1v) is 15.6. The number of methoxy groups -OCH3 is 3. The highest BCUT2D eigenvalue weighted by Gasteiger charge is 2.61. The van der Waals surface area contributed by atoms with Gasteiger partial charge in [-0.1, -0.05) is 31.9 Å². The topological polar surface area (TPSA) is 103 Å². The van der Waals surface area contributed by atoms with Crippen molar-refractivity contribution >= 4 is 0 Å². The van der Waals surface area contributed by atoms with E-state index >= 15 is 0 Å². The van der Waals surface area contributed by atoms with Crippen LogP contribution in [0.4, 0.5) is 0 Å². The molecule has 0 amide bonds. The minimum Gasteiger partial charge on any atom is -0.496 e. The molecule has 4 aliphatic heterocycles. The van der Waals surface area contributed by atoms with E-state index in [4.69, 9.17) is 42.6 Å². The predicted octanol–water partition coefficient (Wildman–Crippen LogP) is 6.09. The number of rotatable bonds is 10. The number of unbranched alkanes of at least 4 members (excludes halogenated alkanes) is 2. The Bertz CT molecular complexity index is 1520. The van der Waals surface area contributed by atoms with Crippen molar-refractivity contribution in [2.45, 2.75) is 62.6 Å². The molecule has 0 radical (unpaired) electrons. The maximum absolute atomic E-state index is 12.1. The molecule has 1 N–H and O–H groups in total. The number of hydrogen-bond acceptors (Lipinski definition) is 10. The lowest BCUT2D eigenvalue weighted by molar-refractivity contribution is -0.0643. The minimum absolute atomic E-state index is 0.0671.